The van der Waals surface area contributed by atoms with E-state index in [1.54, 1.807) is 0 Å². The lowest BCUT2D eigenvalue weighted by Gasteiger charge is -1.90. The highest BCUT2D eigenvalue weighted by atomic mass is 127. The third kappa shape index (κ3) is 3.20. The standard InChI is InChI=1S/C9H5IN2.C9H6N2/c1-11-6-2-3-9-7(4-6)8(10)5-12-9;1-10-8-2-3-9-7(6-8)4-5-11-9/h2-5,12H;2-6,11H. The van der Waals surface area contributed by atoms with Crippen molar-refractivity contribution in [3.05, 3.63) is 81.3 Å². The van der Waals surface area contributed by atoms with Crippen LogP contribution in [-0.4, -0.2) is 9.97 Å². The molecule has 0 aliphatic rings. The van der Waals surface area contributed by atoms with Gasteiger partial charge < -0.3 is 9.97 Å². The quantitative estimate of drug-likeness (QED) is 0.262. The summed E-state index contributed by atoms with van der Waals surface area (Å²) >= 11 is 2.25. The van der Waals surface area contributed by atoms with E-state index in [0.29, 0.717) is 11.4 Å². The maximum atomic E-state index is 6.85. The molecule has 110 valence electrons. The van der Waals surface area contributed by atoms with Crippen molar-refractivity contribution in [2.45, 2.75) is 0 Å². The number of nitrogens with zero attached hydrogens (tertiary/aromatic N) is 2. The lowest BCUT2D eigenvalue weighted by Crippen LogP contribution is -1.66. The molecule has 2 aromatic carbocycles. The van der Waals surface area contributed by atoms with Gasteiger partial charge in [0.25, 0.3) is 0 Å². The van der Waals surface area contributed by atoms with Crippen molar-refractivity contribution in [1.82, 2.24) is 9.97 Å². The van der Waals surface area contributed by atoms with Crippen LogP contribution >= 0.6 is 22.6 Å². The Morgan fingerprint density at radius 3 is 2.26 bits per heavy atom. The zero-order valence-corrected chi connectivity index (χ0v) is 14.1. The monoisotopic (exact) mass is 410 g/mol. The van der Waals surface area contributed by atoms with Gasteiger partial charge in [0.2, 0.25) is 0 Å². The Bertz CT molecular complexity index is 1060. The lowest BCUT2D eigenvalue weighted by molar-refractivity contribution is 1.47. The molecule has 5 heteroatoms. The number of hydrogen-bond donors (Lipinski definition) is 2. The van der Waals surface area contributed by atoms with Crippen molar-refractivity contribution >= 4 is 55.8 Å². The molecule has 23 heavy (non-hydrogen) atoms. The molecule has 4 aromatic rings. The van der Waals surface area contributed by atoms with E-state index < -0.39 is 0 Å². The smallest absolute Gasteiger partial charge is 0.188 e. The van der Waals surface area contributed by atoms with Crippen LogP contribution < -0.4 is 0 Å². The molecule has 4 rings (SSSR count). The van der Waals surface area contributed by atoms with Crippen LogP contribution in [0.15, 0.2) is 54.9 Å². The number of nitrogens with one attached hydrogen (secondary N) is 2. The van der Waals surface area contributed by atoms with Gasteiger partial charge in [-0.1, -0.05) is 12.1 Å². The van der Waals surface area contributed by atoms with Gasteiger partial charge in [0, 0.05) is 32.4 Å². The Hall–Kier alpha value is -2.77. The summed E-state index contributed by atoms with van der Waals surface area (Å²) in [7, 11) is 0. The van der Waals surface area contributed by atoms with E-state index in [2.05, 4.69) is 42.2 Å². The van der Waals surface area contributed by atoms with Gasteiger partial charge in [-0.2, -0.15) is 0 Å². The molecule has 0 saturated carbocycles. The number of halogens is 1. The van der Waals surface area contributed by atoms with Crippen molar-refractivity contribution in [3.8, 4) is 0 Å². The third-order valence-electron chi connectivity index (χ3n) is 3.41. The summed E-state index contributed by atoms with van der Waals surface area (Å²) in [4.78, 5) is 12.9. The van der Waals surface area contributed by atoms with Gasteiger partial charge in [0.15, 0.2) is 11.4 Å². The van der Waals surface area contributed by atoms with Crippen LogP contribution in [-0.2, 0) is 0 Å². The Morgan fingerprint density at radius 1 is 0.826 bits per heavy atom. The van der Waals surface area contributed by atoms with Crippen molar-refractivity contribution < 1.29 is 0 Å². The van der Waals surface area contributed by atoms with Crippen molar-refractivity contribution in [1.29, 1.82) is 0 Å². The minimum absolute atomic E-state index is 0.692. The summed E-state index contributed by atoms with van der Waals surface area (Å²) < 4.78 is 1.16. The number of aromatic nitrogens is 2. The molecule has 0 atom stereocenters. The first-order chi connectivity index (χ1) is 11.2. The van der Waals surface area contributed by atoms with Gasteiger partial charge in [-0.25, -0.2) is 9.69 Å². The summed E-state index contributed by atoms with van der Waals surface area (Å²) in [6, 6.07) is 13.2. The van der Waals surface area contributed by atoms with Crippen molar-refractivity contribution in [3.63, 3.8) is 0 Å². The number of benzene rings is 2. The maximum Gasteiger partial charge on any atom is 0.188 e. The van der Waals surface area contributed by atoms with E-state index in [1.807, 2.05) is 54.9 Å². The topological polar surface area (TPSA) is 40.3 Å². The number of rotatable bonds is 0. The molecule has 0 radical (unpaired) electrons. The molecule has 0 aliphatic carbocycles. The van der Waals surface area contributed by atoms with Crippen LogP contribution in [0, 0.1) is 16.7 Å². The molecule has 0 aliphatic heterocycles. The van der Waals surface area contributed by atoms with Crippen LogP contribution in [0.1, 0.15) is 0 Å². The van der Waals surface area contributed by atoms with Crippen LogP contribution in [0.5, 0.6) is 0 Å². The molecule has 0 amide bonds. The largest absolute Gasteiger partial charge is 0.361 e. The third-order valence-corrected chi connectivity index (χ3v) is 4.30. The molecule has 2 N–H and O–H groups in total. The molecule has 0 bridgehead atoms. The van der Waals surface area contributed by atoms with Gasteiger partial charge in [0.1, 0.15) is 0 Å². The van der Waals surface area contributed by atoms with E-state index in [-0.39, 0.29) is 0 Å². The molecule has 4 nitrogen and oxygen atoms in total. The minimum atomic E-state index is 0.692. The van der Waals surface area contributed by atoms with E-state index in [1.165, 1.54) is 0 Å². The van der Waals surface area contributed by atoms with Gasteiger partial charge in [-0.05, 0) is 58.3 Å². The summed E-state index contributed by atoms with van der Waals surface area (Å²) in [5, 5.41) is 2.22. The van der Waals surface area contributed by atoms with Gasteiger partial charge in [-0.15, -0.1) is 0 Å². The Morgan fingerprint density at radius 2 is 1.52 bits per heavy atom. The summed E-state index contributed by atoms with van der Waals surface area (Å²) in [6.45, 7) is 13.6. The number of fused-ring (bicyclic) bond motifs is 2. The fourth-order valence-corrected chi connectivity index (χ4v) is 2.86. The van der Waals surface area contributed by atoms with Crippen molar-refractivity contribution in [2.24, 2.45) is 0 Å². The van der Waals surface area contributed by atoms with E-state index in [9.17, 15) is 0 Å². The van der Waals surface area contributed by atoms with Crippen LogP contribution in [0.3, 0.4) is 0 Å². The predicted octanol–water partition coefficient (Wildman–Crippen LogP) is 6.04. The number of hydrogen-bond acceptors (Lipinski definition) is 0. The molecule has 2 aromatic heterocycles. The highest BCUT2D eigenvalue weighted by Gasteiger charge is 2.00. The Kier molecular flexibility index (Phi) is 4.31. The number of aromatic amines is 2. The second kappa shape index (κ2) is 6.55. The maximum absolute atomic E-state index is 6.85. The molecular formula is C18H11IN4. The van der Waals surface area contributed by atoms with E-state index >= 15 is 0 Å². The summed E-state index contributed by atoms with van der Waals surface area (Å²) in [5.41, 5.74) is 3.56. The average Bonchev–Trinajstić information content (AvgIpc) is 3.21. The lowest BCUT2D eigenvalue weighted by atomic mass is 10.2. The second-order valence-electron chi connectivity index (χ2n) is 4.84. The molecule has 0 spiro atoms. The molecule has 2 heterocycles. The highest BCUT2D eigenvalue weighted by molar-refractivity contribution is 14.1. The fraction of sp³-hybridized carbons (Fsp3) is 0. The molecule has 0 unspecified atom stereocenters. The summed E-state index contributed by atoms with van der Waals surface area (Å²) in [5.74, 6) is 0. The summed E-state index contributed by atoms with van der Waals surface area (Å²) in [6.07, 6.45) is 3.82. The Labute approximate surface area is 146 Å². The Balaban J connectivity index is 0.000000136. The van der Waals surface area contributed by atoms with E-state index in [0.717, 1.165) is 25.4 Å². The first-order valence-electron chi connectivity index (χ1n) is 6.80. The van der Waals surface area contributed by atoms with Crippen LogP contribution in [0.2, 0.25) is 0 Å². The minimum Gasteiger partial charge on any atom is -0.361 e. The normalized spacial score (nSPS) is 9.87. The van der Waals surface area contributed by atoms with Gasteiger partial charge in [-0.3, -0.25) is 0 Å². The number of H-pyrrole nitrogens is 2. The fourth-order valence-electron chi connectivity index (χ4n) is 2.25. The SMILES string of the molecule is [C-]#[N+]c1ccc2[nH]cc(I)c2c1.[C-]#[N+]c1ccc2[nH]ccc2c1. The second-order valence-corrected chi connectivity index (χ2v) is 6.00. The van der Waals surface area contributed by atoms with Crippen LogP contribution in [0.25, 0.3) is 31.5 Å². The van der Waals surface area contributed by atoms with Gasteiger partial charge in [0.05, 0.1) is 13.1 Å². The zero-order valence-electron chi connectivity index (χ0n) is 12.0. The molecule has 0 saturated heterocycles. The van der Waals surface area contributed by atoms with Crippen LogP contribution in [0.4, 0.5) is 11.4 Å². The van der Waals surface area contributed by atoms with Gasteiger partial charge >= 0.3 is 0 Å². The first kappa shape index (κ1) is 15.1. The molecule has 0 fully saturated rings. The van der Waals surface area contributed by atoms with E-state index in [4.69, 9.17) is 13.1 Å². The average molecular weight is 410 g/mol. The highest BCUT2D eigenvalue weighted by Crippen LogP contribution is 2.24. The van der Waals surface area contributed by atoms with Crippen molar-refractivity contribution in [2.75, 3.05) is 0 Å². The zero-order chi connectivity index (χ0) is 16.2. The first-order valence-corrected chi connectivity index (χ1v) is 7.88. The predicted molar refractivity (Wildman–Crippen MR) is 102 cm³/mol. The molecular weight excluding hydrogens is 399 g/mol.